The summed E-state index contributed by atoms with van der Waals surface area (Å²) in [6.07, 6.45) is 3.08. The monoisotopic (exact) mass is 1190 g/mol. The Morgan fingerprint density at radius 2 is 0.690 bits per heavy atom. The maximum Gasteiger partial charge on any atom is 1.00 e. The van der Waals surface area contributed by atoms with Gasteiger partial charge in [-0.1, -0.05) is 121 Å². The van der Waals surface area contributed by atoms with Crippen LogP contribution in [0.5, 0.6) is 11.5 Å². The number of carboxylic acids is 2. The van der Waals surface area contributed by atoms with Crippen molar-refractivity contribution in [1.82, 2.24) is 10.9 Å². The molecule has 10 rings (SSSR count). The maximum absolute atomic E-state index is 13.3. The molecule has 0 heterocycles. The van der Waals surface area contributed by atoms with Crippen molar-refractivity contribution in [2.45, 2.75) is 0 Å². The van der Waals surface area contributed by atoms with Crippen molar-refractivity contribution in [1.29, 1.82) is 0 Å². The van der Waals surface area contributed by atoms with E-state index in [1.807, 2.05) is 0 Å². The second-order valence-electron chi connectivity index (χ2n) is 17.5. The van der Waals surface area contributed by atoms with Gasteiger partial charge < -0.3 is 20.4 Å². The number of hydrogen-bond donors (Lipinski definition) is 8. The number of hydrazine groups is 2. The number of phenols is 2. The molecule has 0 spiro atoms. The van der Waals surface area contributed by atoms with Gasteiger partial charge >= 0.3 is 101 Å². The Balaban J connectivity index is 0.000000293. The van der Waals surface area contributed by atoms with Crippen LogP contribution in [-0.2, 0) is 26.4 Å². The molecule has 0 aliphatic heterocycles. The molecule has 8 aromatic rings. The molecule has 18 nitrogen and oxygen atoms in total. The molecule has 0 atom stereocenters. The van der Waals surface area contributed by atoms with E-state index in [9.17, 15) is 58.8 Å². The van der Waals surface area contributed by atoms with Gasteiger partial charge in [0.1, 0.15) is 34.3 Å². The number of carboxylic acid groups (broad SMARTS) is 2. The second-order valence-corrected chi connectivity index (χ2v) is 17.5. The van der Waals surface area contributed by atoms with Gasteiger partial charge in [0.2, 0.25) is 11.6 Å². The van der Waals surface area contributed by atoms with Crippen molar-refractivity contribution in [3.63, 3.8) is 0 Å². The number of benzene rings is 8. The largest absolute Gasteiger partial charge is 1.00 e. The molecular formula is C62H42CoN6Na3O12+3. The SMILES string of the molecule is O=C1C(=NC(=O)c2ccccc2)C=c2ccccc2=C1NNc1ccc(C(=O)c2ccccc2C(=O)O)cc1O.O=C1C(=NC(=O)c2ccccc2)C=c2ccccc2=C1NNc1ccc(C(=O)c2ccccc2C(=O)O)cc1O.[Co].[Na+].[Na+].[Na+]. The zero-order valence-electron chi connectivity index (χ0n) is 44.9. The Bertz CT molecular complexity index is 3990. The summed E-state index contributed by atoms with van der Waals surface area (Å²) in [6, 6.07) is 50.5. The average Bonchev–Trinajstić information content (AvgIpc) is 3.68. The third kappa shape index (κ3) is 15.3. The van der Waals surface area contributed by atoms with Gasteiger partial charge in [0.05, 0.1) is 22.5 Å². The van der Waals surface area contributed by atoms with E-state index >= 15 is 0 Å². The Hall–Kier alpha value is -8.15. The number of carbonyl (C=O) groups is 8. The van der Waals surface area contributed by atoms with E-state index in [1.165, 1.54) is 84.9 Å². The van der Waals surface area contributed by atoms with Crippen molar-refractivity contribution in [2.75, 3.05) is 10.9 Å². The topological polar surface area (TPSA) is 290 Å². The van der Waals surface area contributed by atoms with Crippen molar-refractivity contribution in [3.05, 3.63) is 260 Å². The number of hydrogen-bond acceptors (Lipinski definition) is 14. The maximum atomic E-state index is 13.3. The number of amides is 2. The summed E-state index contributed by atoms with van der Waals surface area (Å²) in [4.78, 5) is 109. The van der Waals surface area contributed by atoms with Gasteiger partial charge in [-0.25, -0.2) is 19.6 Å². The zero-order valence-corrected chi connectivity index (χ0v) is 52.0. The number of Topliss-reactive ketones (excluding diaryl/α,β-unsaturated/α-hetero) is 2. The fourth-order valence-corrected chi connectivity index (χ4v) is 8.41. The van der Waals surface area contributed by atoms with Crippen LogP contribution in [0.15, 0.2) is 204 Å². The number of ketones is 4. The third-order valence-corrected chi connectivity index (χ3v) is 12.4. The van der Waals surface area contributed by atoms with Crippen LogP contribution in [0.4, 0.5) is 11.4 Å². The fourth-order valence-electron chi connectivity index (χ4n) is 8.41. The summed E-state index contributed by atoms with van der Waals surface area (Å²) in [5.74, 6) is -6.45. The quantitative estimate of drug-likeness (QED) is 0.0226. The molecule has 0 unspecified atom stereocenters. The van der Waals surface area contributed by atoms with Crippen molar-refractivity contribution in [3.8, 4) is 11.5 Å². The molecule has 84 heavy (non-hydrogen) atoms. The van der Waals surface area contributed by atoms with E-state index in [-0.39, 0.29) is 185 Å². The van der Waals surface area contributed by atoms with Crippen LogP contribution >= 0.6 is 0 Å². The number of carbonyl (C=O) groups excluding carboxylic acids is 6. The van der Waals surface area contributed by atoms with Gasteiger partial charge in [0, 0.05) is 60.6 Å². The summed E-state index contributed by atoms with van der Waals surface area (Å²) in [6.45, 7) is 0. The molecule has 0 aromatic heterocycles. The number of phenolic OH excluding ortho intramolecular Hbond substituents is 2. The molecule has 2 aliphatic rings. The first-order chi connectivity index (χ1) is 38.7. The second kappa shape index (κ2) is 30.4. The summed E-state index contributed by atoms with van der Waals surface area (Å²) >= 11 is 0. The predicted octanol–water partition coefficient (Wildman–Crippen LogP) is -3.61. The molecule has 0 saturated heterocycles. The molecular weight excluding hydrogens is 1150 g/mol. The number of anilines is 2. The van der Waals surface area contributed by atoms with Crippen LogP contribution in [0.3, 0.4) is 0 Å². The Labute approximate surface area is 554 Å². The molecule has 22 heteroatoms. The van der Waals surface area contributed by atoms with Crippen LogP contribution in [0.1, 0.15) is 73.3 Å². The van der Waals surface area contributed by atoms with Crippen molar-refractivity contribution in [2.24, 2.45) is 9.98 Å². The van der Waals surface area contributed by atoms with Crippen LogP contribution in [0, 0.1) is 0 Å². The number of rotatable bonds is 14. The molecule has 8 N–H and O–H groups in total. The Morgan fingerprint density at radius 3 is 1.04 bits per heavy atom. The number of aromatic hydroxyl groups is 2. The standard InChI is InChI=1S/2C31H21N3O6.Co.3Na/c2*35-26-17-20(28(36)22-12-6-7-13-23(22)31(39)40)14-15-24(26)33-34-27-21-11-5-4-10-19(21)16-25(29(27)37)32-30(38)18-8-2-1-3-9-18;;;;/h2*1-17,33-35H,(H,39,40);;;;/q;;;3*+1. The number of nitrogens with one attached hydrogen (secondary N) is 4. The first kappa shape index (κ1) is 66.6. The van der Waals surface area contributed by atoms with Gasteiger partial charge in [-0.05, 0) is 95.4 Å². The molecule has 1 radical (unpaired) electrons. The fraction of sp³-hybridized carbons (Fsp3) is 0. The van der Waals surface area contributed by atoms with Gasteiger partial charge in [0.15, 0.2) is 11.6 Å². The molecule has 0 bridgehead atoms. The van der Waals surface area contributed by atoms with Gasteiger partial charge in [-0.15, -0.1) is 0 Å². The van der Waals surface area contributed by atoms with E-state index in [0.717, 1.165) is 0 Å². The minimum absolute atomic E-state index is 0. The van der Waals surface area contributed by atoms with Crippen LogP contribution in [-0.4, -0.2) is 78.7 Å². The number of nitrogens with zero attached hydrogens (tertiary/aromatic N) is 2. The first-order valence-electron chi connectivity index (χ1n) is 24.2. The van der Waals surface area contributed by atoms with Gasteiger partial charge in [-0.2, -0.15) is 0 Å². The normalized spacial score (nSPS) is 12.6. The van der Waals surface area contributed by atoms with Crippen LogP contribution in [0.2, 0.25) is 0 Å². The summed E-state index contributed by atoms with van der Waals surface area (Å²) in [5.41, 5.74) is 12.1. The van der Waals surface area contributed by atoms with E-state index in [1.54, 1.807) is 121 Å². The summed E-state index contributed by atoms with van der Waals surface area (Å²) < 4.78 is 0. The molecule has 0 fully saturated rings. The van der Waals surface area contributed by atoms with E-state index < -0.39 is 46.9 Å². The summed E-state index contributed by atoms with van der Waals surface area (Å²) in [7, 11) is 0. The number of aromatic carboxylic acids is 2. The van der Waals surface area contributed by atoms with Crippen LogP contribution in [0.25, 0.3) is 23.5 Å². The molecule has 401 valence electrons. The molecule has 0 saturated carbocycles. The van der Waals surface area contributed by atoms with Crippen LogP contribution < -0.4 is 131 Å². The Morgan fingerprint density at radius 1 is 0.369 bits per heavy atom. The average molecular weight is 1190 g/mol. The van der Waals surface area contributed by atoms with Gasteiger partial charge in [-0.3, -0.25) is 50.5 Å². The van der Waals surface area contributed by atoms with Crippen molar-refractivity contribution >= 4 is 93.2 Å². The number of aliphatic imine (C=N–C) groups is 2. The van der Waals surface area contributed by atoms with Crippen molar-refractivity contribution < 1.29 is 164 Å². The minimum atomic E-state index is -1.24. The Kier molecular flexibility index (Phi) is 24.1. The molecule has 2 aliphatic carbocycles. The number of fused-ring (bicyclic) bond motifs is 2. The molecule has 2 amide bonds. The third-order valence-electron chi connectivity index (χ3n) is 12.4. The predicted molar refractivity (Wildman–Crippen MR) is 297 cm³/mol. The summed E-state index contributed by atoms with van der Waals surface area (Å²) in [5, 5.41) is 42.4. The minimum Gasteiger partial charge on any atom is -0.506 e. The smallest absolute Gasteiger partial charge is 0.506 e. The van der Waals surface area contributed by atoms with E-state index in [4.69, 9.17) is 0 Å². The van der Waals surface area contributed by atoms with Gasteiger partial charge in [0.25, 0.3) is 11.8 Å². The molecule has 8 aromatic carbocycles. The van der Waals surface area contributed by atoms with E-state index in [2.05, 4.69) is 31.7 Å². The van der Waals surface area contributed by atoms with E-state index in [0.29, 0.717) is 32.0 Å². The first-order valence-corrected chi connectivity index (χ1v) is 24.2. The zero-order chi connectivity index (χ0) is 56.5.